The van der Waals surface area contributed by atoms with Crippen LogP contribution in [0.15, 0.2) is 66.7 Å². The van der Waals surface area contributed by atoms with Crippen LogP contribution in [0.25, 0.3) is 6.08 Å². The van der Waals surface area contributed by atoms with E-state index in [1.54, 1.807) is 24.3 Å². The van der Waals surface area contributed by atoms with Crippen LogP contribution in [0.3, 0.4) is 0 Å². The lowest BCUT2D eigenvalue weighted by Gasteiger charge is -2.44. The summed E-state index contributed by atoms with van der Waals surface area (Å²) in [4.78, 5) is 98.5. The molecule has 0 unspecified atom stereocenters. The molecule has 0 amide bonds. The van der Waals surface area contributed by atoms with Gasteiger partial charge in [-0.2, -0.15) is 0 Å². The zero-order valence-corrected chi connectivity index (χ0v) is 33.2. The van der Waals surface area contributed by atoms with E-state index in [2.05, 4.69) is 0 Å². The summed E-state index contributed by atoms with van der Waals surface area (Å²) in [5.74, 6) is -5.63. The fraction of sp³-hybridized carbons (Fsp3) is 0.333. The molecule has 60 heavy (non-hydrogen) atoms. The topological polar surface area (TPSA) is 229 Å². The zero-order chi connectivity index (χ0) is 43.7. The first-order valence-corrected chi connectivity index (χ1v) is 18.3. The minimum absolute atomic E-state index is 0.0680. The summed E-state index contributed by atoms with van der Waals surface area (Å²) in [7, 11) is 0. The summed E-state index contributed by atoms with van der Waals surface area (Å²) >= 11 is 0. The third-order valence-corrected chi connectivity index (χ3v) is 8.42. The summed E-state index contributed by atoms with van der Waals surface area (Å²) in [6, 6.07) is 15.0. The van der Waals surface area contributed by atoms with Crippen LogP contribution >= 0.6 is 0 Å². The lowest BCUT2D eigenvalue weighted by molar-refractivity contribution is -0.288. The first kappa shape index (κ1) is 44.0. The van der Waals surface area contributed by atoms with Gasteiger partial charge in [-0.05, 0) is 41.5 Å². The molecule has 18 heteroatoms. The van der Waals surface area contributed by atoms with E-state index >= 15 is 0 Å². The average molecular weight is 833 g/mol. The van der Waals surface area contributed by atoms with Gasteiger partial charge in [0, 0.05) is 59.8 Å². The molecule has 2 heterocycles. The van der Waals surface area contributed by atoms with Gasteiger partial charge >= 0.3 is 41.8 Å². The predicted octanol–water partition coefficient (Wildman–Crippen LogP) is 4.32. The van der Waals surface area contributed by atoms with Crippen LogP contribution < -0.4 is 23.7 Å². The summed E-state index contributed by atoms with van der Waals surface area (Å²) in [6.07, 6.45) is -6.35. The second-order valence-corrected chi connectivity index (χ2v) is 13.3. The normalized spacial score (nSPS) is 20.7. The van der Waals surface area contributed by atoms with Crippen molar-refractivity contribution in [3.05, 3.63) is 83.4 Å². The summed E-state index contributed by atoms with van der Waals surface area (Å²) in [5.41, 5.74) is 1.02. The molecular weight excluding hydrogens is 792 g/mol. The molecular formula is C42H40O18. The molecule has 0 N–H and O–H groups in total. The Bertz CT molecular complexity index is 2170. The summed E-state index contributed by atoms with van der Waals surface area (Å²) in [6.45, 7) is 6.19. The molecule has 3 aromatic carbocycles. The number of hydrogen-bond donors (Lipinski definition) is 0. The number of esters is 7. The second kappa shape index (κ2) is 19.6. The number of ether oxygens (including phenoxy) is 10. The first-order chi connectivity index (χ1) is 28.4. The fourth-order valence-corrected chi connectivity index (χ4v) is 6.21. The highest BCUT2D eigenvalue weighted by Gasteiger charge is 2.53. The molecule has 0 aromatic heterocycles. The number of Topliss-reactive ketones (excluding diaryl/α,β-unsaturated/α-hetero) is 1. The Morgan fingerprint density at radius 1 is 0.650 bits per heavy atom. The molecule has 0 radical (unpaired) electrons. The fourth-order valence-electron chi connectivity index (χ4n) is 6.21. The van der Waals surface area contributed by atoms with Gasteiger partial charge in [-0.3, -0.25) is 33.6 Å². The Morgan fingerprint density at radius 2 is 1.20 bits per heavy atom. The first-order valence-electron chi connectivity index (χ1n) is 18.3. The largest absolute Gasteiger partial charge is 0.484 e. The molecule has 5 rings (SSSR count). The van der Waals surface area contributed by atoms with Gasteiger partial charge in [0.25, 0.3) is 0 Å². The third kappa shape index (κ3) is 12.0. The number of carbonyl (C=O) groups excluding carboxylic acids is 8. The van der Waals surface area contributed by atoms with Crippen molar-refractivity contribution in [3.63, 3.8) is 0 Å². The van der Waals surface area contributed by atoms with Gasteiger partial charge in [0.1, 0.15) is 53.1 Å². The van der Waals surface area contributed by atoms with Gasteiger partial charge in [0.15, 0.2) is 18.0 Å². The Hall–Kier alpha value is -7.08. The number of hydrogen-bond acceptors (Lipinski definition) is 18. The number of ketones is 1. The molecule has 0 spiro atoms. The Balaban J connectivity index is 1.46. The highest BCUT2D eigenvalue weighted by Crippen LogP contribution is 2.44. The third-order valence-electron chi connectivity index (χ3n) is 8.42. The van der Waals surface area contributed by atoms with Gasteiger partial charge < -0.3 is 47.4 Å². The molecule has 0 bridgehead atoms. The maximum atomic E-state index is 13.6. The molecule has 6 atom stereocenters. The van der Waals surface area contributed by atoms with E-state index in [1.807, 2.05) is 0 Å². The minimum Gasteiger partial charge on any atom is -0.484 e. The van der Waals surface area contributed by atoms with Crippen molar-refractivity contribution in [2.24, 2.45) is 0 Å². The van der Waals surface area contributed by atoms with E-state index < -0.39 is 91.0 Å². The van der Waals surface area contributed by atoms with Gasteiger partial charge in [0.2, 0.25) is 12.4 Å². The lowest BCUT2D eigenvalue weighted by Crippen LogP contribution is -2.63. The van der Waals surface area contributed by atoms with Crippen molar-refractivity contribution in [1.29, 1.82) is 0 Å². The molecule has 18 nitrogen and oxygen atoms in total. The molecule has 0 saturated carbocycles. The smallest absolute Gasteiger partial charge is 0.330 e. The Labute approximate surface area is 342 Å². The van der Waals surface area contributed by atoms with Crippen LogP contribution in [0.1, 0.15) is 75.6 Å². The van der Waals surface area contributed by atoms with E-state index in [-0.39, 0.29) is 35.0 Å². The number of fused-ring (bicyclic) bond motifs is 1. The number of carbonyl (C=O) groups is 8. The van der Waals surface area contributed by atoms with Crippen molar-refractivity contribution < 1.29 is 85.7 Å². The maximum Gasteiger partial charge on any atom is 0.330 e. The molecule has 0 aliphatic carbocycles. The van der Waals surface area contributed by atoms with Crippen molar-refractivity contribution in [3.8, 4) is 28.7 Å². The molecule has 1 saturated heterocycles. The van der Waals surface area contributed by atoms with Crippen LogP contribution in [0.5, 0.6) is 28.7 Å². The van der Waals surface area contributed by atoms with E-state index in [0.717, 1.165) is 33.8 Å². The number of rotatable bonds is 13. The van der Waals surface area contributed by atoms with Gasteiger partial charge in [-0.15, -0.1) is 0 Å². The zero-order valence-electron chi connectivity index (χ0n) is 33.2. The molecule has 2 aliphatic rings. The Kier molecular flexibility index (Phi) is 14.4. The molecule has 2 aliphatic heterocycles. The SMILES string of the molecule is CC(=O)Oc1ccc(/C=C/C(=O)OC[C@H]2O[C@@H](Oc3cc(OC(C)=O)c4c(c3)O[C@H](c3ccc(OC(C)=O)cc3)CC4=O)[C@@H](OC(C)=O)[C@@H](OC(C)=O)[C@@H]2OC(C)=O)cc1. The maximum absolute atomic E-state index is 13.6. The summed E-state index contributed by atoms with van der Waals surface area (Å²) < 4.78 is 56.0. The van der Waals surface area contributed by atoms with Gasteiger partial charge in [-0.1, -0.05) is 24.3 Å². The highest BCUT2D eigenvalue weighted by molar-refractivity contribution is 6.03. The van der Waals surface area contributed by atoms with E-state index in [0.29, 0.717) is 16.9 Å². The van der Waals surface area contributed by atoms with E-state index in [4.69, 9.17) is 47.4 Å². The minimum atomic E-state index is -1.70. The monoisotopic (exact) mass is 832 g/mol. The lowest BCUT2D eigenvalue weighted by atomic mass is 9.95. The van der Waals surface area contributed by atoms with Gasteiger partial charge in [0.05, 0.1) is 6.42 Å². The van der Waals surface area contributed by atoms with Crippen LogP contribution in [0.4, 0.5) is 0 Å². The van der Waals surface area contributed by atoms with Crippen molar-refractivity contribution in [2.45, 2.75) is 84.8 Å². The van der Waals surface area contributed by atoms with E-state index in [9.17, 15) is 38.4 Å². The number of benzene rings is 3. The average Bonchev–Trinajstić information content (AvgIpc) is 3.15. The Morgan fingerprint density at radius 3 is 1.77 bits per heavy atom. The van der Waals surface area contributed by atoms with Crippen LogP contribution in [-0.2, 0) is 57.2 Å². The van der Waals surface area contributed by atoms with Crippen LogP contribution in [-0.4, -0.2) is 84.9 Å². The van der Waals surface area contributed by atoms with E-state index in [1.165, 1.54) is 56.3 Å². The second-order valence-electron chi connectivity index (χ2n) is 13.3. The molecule has 316 valence electrons. The van der Waals surface area contributed by atoms with Crippen molar-refractivity contribution in [1.82, 2.24) is 0 Å². The van der Waals surface area contributed by atoms with Crippen molar-refractivity contribution >= 4 is 53.6 Å². The quantitative estimate of drug-likeness (QED) is 0.101. The predicted molar refractivity (Wildman–Crippen MR) is 202 cm³/mol. The molecule has 3 aromatic rings. The highest BCUT2D eigenvalue weighted by atomic mass is 16.7. The van der Waals surface area contributed by atoms with Crippen LogP contribution in [0, 0.1) is 0 Å². The summed E-state index contributed by atoms with van der Waals surface area (Å²) in [5, 5.41) is 0. The molecule has 1 fully saturated rings. The van der Waals surface area contributed by atoms with Crippen molar-refractivity contribution in [2.75, 3.05) is 6.61 Å². The van der Waals surface area contributed by atoms with Gasteiger partial charge in [-0.25, -0.2) is 4.79 Å². The van der Waals surface area contributed by atoms with Crippen LogP contribution in [0.2, 0.25) is 0 Å². The standard InChI is InChI=1S/C42H40O18/c1-21(43)52-29-12-7-27(8-13-29)9-16-37(50)51-20-36-39(55-24(4)46)40(56-25(5)47)41(57-26(6)48)42(60-36)58-31-17-34(54-23(3)45)38-32(49)19-33(59-35(38)18-31)28-10-14-30(15-11-28)53-22(2)44/h7-18,33,36,39-42H,19-20H2,1-6H3/b16-9+/t33-,36+,39+,40-,41-,42+/m0/s1.